The van der Waals surface area contributed by atoms with Crippen molar-refractivity contribution in [2.45, 2.75) is 26.4 Å². The zero-order chi connectivity index (χ0) is 11.5. The first-order chi connectivity index (χ1) is 6.94. The third-order valence-corrected chi connectivity index (χ3v) is 1.51. The monoisotopic (exact) mass is 211 g/mol. The molecule has 1 rings (SSSR count). The first-order valence-electron chi connectivity index (χ1n) is 4.58. The Morgan fingerprint density at radius 3 is 2.73 bits per heavy atom. The van der Waals surface area contributed by atoms with E-state index in [1.165, 1.54) is 10.8 Å². The predicted molar refractivity (Wildman–Crippen MR) is 56.1 cm³/mol. The summed E-state index contributed by atoms with van der Waals surface area (Å²) in [5.74, 6) is 0.256. The van der Waals surface area contributed by atoms with E-state index >= 15 is 0 Å². The Labute approximate surface area is 88.9 Å². The molecule has 6 heteroatoms. The maximum atomic E-state index is 11.6. The van der Waals surface area contributed by atoms with Crippen LogP contribution in [0.2, 0.25) is 0 Å². The van der Waals surface area contributed by atoms with E-state index in [2.05, 4.69) is 0 Å². The highest BCUT2D eigenvalue weighted by atomic mass is 16.6. The Morgan fingerprint density at radius 1 is 1.53 bits per heavy atom. The van der Waals surface area contributed by atoms with Crippen LogP contribution in [0.1, 0.15) is 20.8 Å². The third-order valence-electron chi connectivity index (χ3n) is 1.51. The standard InChI is InChI=1S/C9H14BNO4/c1-9(2,3)14-8(12)11-6-4-5-7(11)15-10-13/h4-6,10,13H,1-3H3. The Morgan fingerprint density at radius 2 is 2.20 bits per heavy atom. The molecule has 0 aliphatic heterocycles. The lowest BCUT2D eigenvalue weighted by molar-refractivity contribution is 0.0529. The van der Waals surface area contributed by atoms with Gasteiger partial charge in [-0.15, -0.1) is 0 Å². The lowest BCUT2D eigenvalue weighted by Gasteiger charge is -2.20. The fourth-order valence-corrected chi connectivity index (χ4v) is 1.01. The molecule has 5 nitrogen and oxygen atoms in total. The van der Waals surface area contributed by atoms with Crippen molar-refractivity contribution in [2.75, 3.05) is 0 Å². The third kappa shape index (κ3) is 3.32. The average Bonchev–Trinajstić information content (AvgIpc) is 2.49. The number of hydrogen-bond acceptors (Lipinski definition) is 4. The summed E-state index contributed by atoms with van der Waals surface area (Å²) in [5, 5.41) is 8.59. The van der Waals surface area contributed by atoms with E-state index in [4.69, 9.17) is 14.4 Å². The maximum Gasteiger partial charge on any atom is 0.505 e. The minimum absolute atomic E-state index is 0.256. The van der Waals surface area contributed by atoms with Gasteiger partial charge in [-0.05, 0) is 32.9 Å². The van der Waals surface area contributed by atoms with E-state index in [1.54, 1.807) is 32.9 Å². The van der Waals surface area contributed by atoms with Crippen molar-refractivity contribution in [1.82, 2.24) is 4.57 Å². The van der Waals surface area contributed by atoms with Crippen molar-refractivity contribution < 1.29 is 19.2 Å². The number of nitrogens with zero attached hydrogens (tertiary/aromatic N) is 1. The van der Waals surface area contributed by atoms with Gasteiger partial charge in [-0.25, -0.2) is 9.36 Å². The van der Waals surface area contributed by atoms with Crippen molar-refractivity contribution in [1.29, 1.82) is 0 Å². The number of ether oxygens (including phenoxy) is 1. The summed E-state index contributed by atoms with van der Waals surface area (Å²) in [5.41, 5.74) is -0.558. The van der Waals surface area contributed by atoms with Crippen LogP contribution in [0.5, 0.6) is 5.88 Å². The number of carbonyl (C=O) groups excluding carboxylic acids is 1. The largest absolute Gasteiger partial charge is 0.526 e. The molecule has 0 radical (unpaired) electrons. The van der Waals surface area contributed by atoms with Gasteiger partial charge in [0.25, 0.3) is 0 Å². The molecular weight excluding hydrogens is 197 g/mol. The van der Waals surface area contributed by atoms with Crippen LogP contribution in [-0.2, 0) is 4.74 Å². The molecule has 0 spiro atoms. The molecule has 1 heterocycles. The second kappa shape index (κ2) is 4.40. The fraction of sp³-hybridized carbons (Fsp3) is 0.444. The van der Waals surface area contributed by atoms with Crippen LogP contribution in [0.25, 0.3) is 0 Å². The molecule has 82 valence electrons. The van der Waals surface area contributed by atoms with E-state index in [-0.39, 0.29) is 5.88 Å². The molecule has 0 amide bonds. The van der Waals surface area contributed by atoms with Gasteiger partial charge in [0, 0.05) is 6.20 Å². The first kappa shape index (κ1) is 11.6. The molecule has 0 unspecified atom stereocenters. The van der Waals surface area contributed by atoms with E-state index in [9.17, 15) is 4.79 Å². The van der Waals surface area contributed by atoms with Crippen LogP contribution in [0.4, 0.5) is 4.79 Å². The Bertz CT molecular complexity index is 342. The molecule has 0 saturated heterocycles. The molecule has 1 aromatic heterocycles. The molecule has 1 aromatic rings. The molecule has 0 saturated carbocycles. The topological polar surface area (TPSA) is 60.7 Å². The summed E-state index contributed by atoms with van der Waals surface area (Å²) in [6.45, 7) is 5.34. The van der Waals surface area contributed by atoms with Crippen molar-refractivity contribution in [3.8, 4) is 5.88 Å². The van der Waals surface area contributed by atoms with Crippen molar-refractivity contribution in [3.63, 3.8) is 0 Å². The van der Waals surface area contributed by atoms with Crippen LogP contribution in [0, 0.1) is 0 Å². The number of rotatable bonds is 2. The minimum atomic E-state index is -0.558. The van der Waals surface area contributed by atoms with Crippen LogP contribution in [-0.4, -0.2) is 29.0 Å². The quantitative estimate of drug-likeness (QED) is 0.738. The Hall–Kier alpha value is -1.43. The van der Waals surface area contributed by atoms with Crippen LogP contribution in [0.3, 0.4) is 0 Å². The lowest BCUT2D eigenvalue weighted by atomic mass is 10.2. The predicted octanol–water partition coefficient (Wildman–Crippen LogP) is 0.909. The van der Waals surface area contributed by atoms with E-state index in [0.29, 0.717) is 0 Å². The summed E-state index contributed by atoms with van der Waals surface area (Å²) in [4.78, 5) is 11.6. The summed E-state index contributed by atoms with van der Waals surface area (Å²) in [6.07, 6.45) is 0.981. The SMILES string of the molecule is CC(C)(C)OC(=O)n1cccc1OBO. The summed E-state index contributed by atoms with van der Waals surface area (Å²) >= 11 is 0. The Kier molecular flexibility index (Phi) is 3.41. The first-order valence-corrected chi connectivity index (χ1v) is 4.58. The van der Waals surface area contributed by atoms with E-state index < -0.39 is 19.4 Å². The average molecular weight is 211 g/mol. The van der Waals surface area contributed by atoms with Gasteiger partial charge >= 0.3 is 13.8 Å². The molecule has 0 bridgehead atoms. The zero-order valence-corrected chi connectivity index (χ0v) is 9.06. The normalized spacial score (nSPS) is 10.9. The molecule has 0 aliphatic rings. The molecule has 0 fully saturated rings. The number of hydrogen-bond donors (Lipinski definition) is 1. The summed E-state index contributed by atoms with van der Waals surface area (Å²) in [7, 11) is -0.479. The highest BCUT2D eigenvalue weighted by molar-refractivity contribution is 6.17. The summed E-state index contributed by atoms with van der Waals surface area (Å²) < 4.78 is 11.2. The van der Waals surface area contributed by atoms with Crippen LogP contribution >= 0.6 is 0 Å². The summed E-state index contributed by atoms with van der Waals surface area (Å²) in [6, 6.07) is 3.20. The van der Waals surface area contributed by atoms with Crippen LogP contribution < -0.4 is 4.65 Å². The zero-order valence-electron chi connectivity index (χ0n) is 9.06. The van der Waals surface area contributed by atoms with Gasteiger partial charge in [0.1, 0.15) is 5.60 Å². The second-order valence-corrected chi connectivity index (χ2v) is 3.97. The highest BCUT2D eigenvalue weighted by Crippen LogP contribution is 2.15. The molecule has 0 aromatic carbocycles. The molecule has 0 atom stereocenters. The number of carbonyl (C=O) groups is 1. The molecule has 1 N–H and O–H groups in total. The molecule has 0 aliphatic carbocycles. The second-order valence-electron chi connectivity index (χ2n) is 3.97. The van der Waals surface area contributed by atoms with Gasteiger partial charge in [-0.3, -0.25) is 0 Å². The van der Waals surface area contributed by atoms with Crippen molar-refractivity contribution in [2.24, 2.45) is 0 Å². The van der Waals surface area contributed by atoms with Gasteiger partial charge in [0.2, 0.25) is 0 Å². The highest BCUT2D eigenvalue weighted by Gasteiger charge is 2.19. The molecule has 15 heavy (non-hydrogen) atoms. The minimum Gasteiger partial charge on any atom is -0.526 e. The van der Waals surface area contributed by atoms with Gasteiger partial charge in [0.05, 0.1) is 0 Å². The molecular formula is C9H14BNO4. The van der Waals surface area contributed by atoms with Crippen molar-refractivity contribution in [3.05, 3.63) is 18.3 Å². The van der Waals surface area contributed by atoms with E-state index in [0.717, 1.165) is 0 Å². The van der Waals surface area contributed by atoms with Gasteiger partial charge in [-0.1, -0.05) is 0 Å². The van der Waals surface area contributed by atoms with E-state index in [1.807, 2.05) is 0 Å². The fourth-order valence-electron chi connectivity index (χ4n) is 1.01. The van der Waals surface area contributed by atoms with Gasteiger partial charge in [0.15, 0.2) is 5.88 Å². The Balaban J connectivity index is 2.77. The van der Waals surface area contributed by atoms with Crippen LogP contribution in [0.15, 0.2) is 18.3 Å². The lowest BCUT2D eigenvalue weighted by Crippen LogP contribution is -2.27. The van der Waals surface area contributed by atoms with Gasteiger partial charge in [-0.2, -0.15) is 0 Å². The smallest absolute Gasteiger partial charge is 0.505 e. The maximum absolute atomic E-state index is 11.6. The van der Waals surface area contributed by atoms with Gasteiger partial charge < -0.3 is 14.4 Å². The van der Waals surface area contributed by atoms with Crippen molar-refractivity contribution >= 4 is 13.8 Å². The number of aromatic nitrogens is 1.